The van der Waals surface area contributed by atoms with Crippen molar-refractivity contribution in [1.82, 2.24) is 0 Å². The molecule has 0 bridgehead atoms. The van der Waals surface area contributed by atoms with E-state index >= 15 is 0 Å². The molecule has 0 spiro atoms. The molecule has 2 aromatic carbocycles. The predicted molar refractivity (Wildman–Crippen MR) is 138 cm³/mol. The zero-order chi connectivity index (χ0) is 22.1. The molecule has 0 amide bonds. The van der Waals surface area contributed by atoms with E-state index in [1.165, 1.54) is 60.8 Å². The molecule has 0 heterocycles. The molecule has 0 heteroatoms. The van der Waals surface area contributed by atoms with Gasteiger partial charge in [0.25, 0.3) is 0 Å². The van der Waals surface area contributed by atoms with E-state index in [4.69, 9.17) is 0 Å². The lowest BCUT2D eigenvalue weighted by Gasteiger charge is -2.22. The minimum Gasteiger partial charge on any atom is -0.103 e. The molecule has 3 aliphatic carbocycles. The lowest BCUT2D eigenvalue weighted by molar-refractivity contribution is 0.404. The van der Waals surface area contributed by atoms with Gasteiger partial charge in [-0.2, -0.15) is 0 Å². The summed E-state index contributed by atoms with van der Waals surface area (Å²) in [6, 6.07) is 18.2. The van der Waals surface area contributed by atoms with Crippen LogP contribution in [0.1, 0.15) is 62.5 Å². The number of rotatable bonds is 7. The highest BCUT2D eigenvalue weighted by atomic mass is 14.4. The maximum atomic E-state index is 4.16. The Bertz CT molecular complexity index is 949. The highest BCUT2D eigenvalue weighted by Gasteiger charge is 2.37. The van der Waals surface area contributed by atoms with Gasteiger partial charge in [-0.1, -0.05) is 86.2 Å². The molecule has 0 aromatic heterocycles. The Morgan fingerprint density at radius 2 is 1.34 bits per heavy atom. The van der Waals surface area contributed by atoms with Crippen molar-refractivity contribution in [1.29, 1.82) is 0 Å². The molecular formula is C32H38. The Labute approximate surface area is 195 Å². The molecule has 5 rings (SSSR count). The molecule has 2 saturated carbocycles. The van der Waals surface area contributed by atoms with Crippen LogP contribution in [0.4, 0.5) is 0 Å². The summed E-state index contributed by atoms with van der Waals surface area (Å²) >= 11 is 0. The van der Waals surface area contributed by atoms with E-state index < -0.39 is 0 Å². The van der Waals surface area contributed by atoms with Gasteiger partial charge in [-0.05, 0) is 89.9 Å². The molecule has 6 unspecified atom stereocenters. The van der Waals surface area contributed by atoms with E-state index in [0.29, 0.717) is 23.7 Å². The molecular weight excluding hydrogens is 384 g/mol. The van der Waals surface area contributed by atoms with Crippen LogP contribution in [0.5, 0.6) is 0 Å². The lowest BCUT2D eigenvalue weighted by atomic mass is 9.82. The van der Waals surface area contributed by atoms with Crippen LogP contribution in [0.2, 0.25) is 0 Å². The quantitative estimate of drug-likeness (QED) is 0.391. The molecule has 0 radical (unpaired) electrons. The first-order chi connectivity index (χ1) is 15.7. The number of fused-ring (bicyclic) bond motifs is 3. The van der Waals surface area contributed by atoms with Crippen molar-refractivity contribution in [3.63, 3.8) is 0 Å². The third-order valence-electron chi connectivity index (χ3n) is 8.86. The second kappa shape index (κ2) is 9.26. The molecule has 3 aliphatic rings. The SMILES string of the molecule is C=CC1CC(/C=C\C2CC(C=C)C(CC)C2)C(CC2c3ccccc3-c3ccccc32)C1. The van der Waals surface area contributed by atoms with Crippen molar-refractivity contribution in [3.8, 4) is 11.1 Å². The van der Waals surface area contributed by atoms with Crippen LogP contribution in [-0.4, -0.2) is 0 Å². The van der Waals surface area contributed by atoms with Crippen molar-refractivity contribution in [3.05, 3.63) is 97.1 Å². The first-order valence-corrected chi connectivity index (χ1v) is 12.8. The minimum atomic E-state index is 0.535. The smallest absolute Gasteiger partial charge is 0.0104 e. The van der Waals surface area contributed by atoms with Crippen LogP contribution >= 0.6 is 0 Å². The summed E-state index contributed by atoms with van der Waals surface area (Å²) in [5.41, 5.74) is 5.97. The summed E-state index contributed by atoms with van der Waals surface area (Å²) in [6.07, 6.45) is 17.4. The summed E-state index contributed by atoms with van der Waals surface area (Å²) in [5, 5.41) is 0. The van der Waals surface area contributed by atoms with E-state index in [1.54, 1.807) is 0 Å². The standard InChI is InChI=1S/C32H38/c1-4-22-17-26(16-15-23-19-24(5-2)25(6-3)20-23)27(18-22)21-32-30-13-9-7-11-28(30)29-12-8-10-14-31(29)32/h4-5,7-16,22-27,32H,1-2,6,17-21H2,3H3/b16-15-. The predicted octanol–water partition coefficient (Wildman–Crippen LogP) is 8.81. The number of benzene rings is 2. The zero-order valence-corrected chi connectivity index (χ0v) is 19.6. The average molecular weight is 423 g/mol. The fourth-order valence-electron chi connectivity index (χ4n) is 7.13. The largest absolute Gasteiger partial charge is 0.103 e. The van der Waals surface area contributed by atoms with Crippen LogP contribution in [0.15, 0.2) is 86.0 Å². The van der Waals surface area contributed by atoms with Crippen LogP contribution in [0.25, 0.3) is 11.1 Å². The molecule has 32 heavy (non-hydrogen) atoms. The Morgan fingerprint density at radius 3 is 1.94 bits per heavy atom. The summed E-state index contributed by atoms with van der Waals surface area (Å²) in [6.45, 7) is 10.6. The summed E-state index contributed by atoms with van der Waals surface area (Å²) in [5.74, 6) is 4.88. The van der Waals surface area contributed by atoms with Crippen LogP contribution in [0, 0.1) is 35.5 Å². The first-order valence-electron chi connectivity index (χ1n) is 12.8. The average Bonchev–Trinajstić information content (AvgIpc) is 3.52. The van der Waals surface area contributed by atoms with Gasteiger partial charge in [-0.15, -0.1) is 13.2 Å². The van der Waals surface area contributed by atoms with Gasteiger partial charge in [0.1, 0.15) is 0 Å². The maximum Gasteiger partial charge on any atom is 0.0104 e. The monoisotopic (exact) mass is 422 g/mol. The van der Waals surface area contributed by atoms with E-state index in [0.717, 1.165) is 17.8 Å². The van der Waals surface area contributed by atoms with E-state index in [9.17, 15) is 0 Å². The first kappa shape index (κ1) is 21.5. The van der Waals surface area contributed by atoms with Crippen molar-refractivity contribution in [2.75, 3.05) is 0 Å². The van der Waals surface area contributed by atoms with E-state index in [2.05, 4.69) is 92.9 Å². The molecule has 0 nitrogen and oxygen atoms in total. The lowest BCUT2D eigenvalue weighted by Crippen LogP contribution is -2.11. The van der Waals surface area contributed by atoms with Crippen LogP contribution in [-0.2, 0) is 0 Å². The Hall–Kier alpha value is -2.34. The van der Waals surface area contributed by atoms with Gasteiger partial charge in [0.2, 0.25) is 0 Å². The molecule has 0 aliphatic heterocycles. The Kier molecular flexibility index (Phi) is 6.22. The molecule has 2 fully saturated rings. The highest BCUT2D eigenvalue weighted by Crippen LogP contribution is 2.51. The Morgan fingerprint density at radius 1 is 0.719 bits per heavy atom. The maximum absolute atomic E-state index is 4.16. The molecule has 0 saturated heterocycles. The number of hydrogen-bond acceptors (Lipinski definition) is 0. The van der Waals surface area contributed by atoms with Gasteiger partial charge in [0.05, 0.1) is 0 Å². The number of allylic oxidation sites excluding steroid dienone is 4. The van der Waals surface area contributed by atoms with E-state index in [-0.39, 0.29) is 0 Å². The third-order valence-corrected chi connectivity index (χ3v) is 8.86. The number of hydrogen-bond donors (Lipinski definition) is 0. The second-order valence-electron chi connectivity index (χ2n) is 10.5. The summed E-state index contributed by atoms with van der Waals surface area (Å²) in [4.78, 5) is 0. The third kappa shape index (κ3) is 3.94. The van der Waals surface area contributed by atoms with Gasteiger partial charge >= 0.3 is 0 Å². The van der Waals surface area contributed by atoms with Crippen molar-refractivity contribution in [2.45, 2.75) is 51.4 Å². The van der Waals surface area contributed by atoms with Crippen molar-refractivity contribution < 1.29 is 0 Å². The zero-order valence-electron chi connectivity index (χ0n) is 19.6. The second-order valence-corrected chi connectivity index (χ2v) is 10.5. The molecule has 6 atom stereocenters. The van der Waals surface area contributed by atoms with Gasteiger partial charge in [0, 0.05) is 5.92 Å². The minimum absolute atomic E-state index is 0.535. The van der Waals surface area contributed by atoms with Crippen molar-refractivity contribution >= 4 is 0 Å². The van der Waals surface area contributed by atoms with Gasteiger partial charge in [-0.25, -0.2) is 0 Å². The van der Waals surface area contributed by atoms with Gasteiger partial charge < -0.3 is 0 Å². The normalized spacial score (nSPS) is 31.7. The van der Waals surface area contributed by atoms with Crippen LogP contribution in [0.3, 0.4) is 0 Å². The van der Waals surface area contributed by atoms with E-state index in [1.807, 2.05) is 0 Å². The fourth-order valence-corrected chi connectivity index (χ4v) is 7.13. The highest BCUT2D eigenvalue weighted by molar-refractivity contribution is 5.78. The Balaban J connectivity index is 1.36. The fraction of sp³-hybridized carbons (Fsp3) is 0.438. The topological polar surface area (TPSA) is 0 Å². The summed E-state index contributed by atoms with van der Waals surface area (Å²) < 4.78 is 0. The van der Waals surface area contributed by atoms with Gasteiger partial charge in [-0.3, -0.25) is 0 Å². The van der Waals surface area contributed by atoms with Crippen LogP contribution < -0.4 is 0 Å². The molecule has 166 valence electrons. The molecule has 2 aromatic rings. The van der Waals surface area contributed by atoms with Gasteiger partial charge in [0.15, 0.2) is 0 Å². The van der Waals surface area contributed by atoms with Crippen molar-refractivity contribution in [2.24, 2.45) is 35.5 Å². The molecule has 0 N–H and O–H groups in total. The summed E-state index contributed by atoms with van der Waals surface area (Å²) in [7, 11) is 0.